The van der Waals surface area contributed by atoms with Crippen LogP contribution in [-0.2, 0) is 4.79 Å². The molecule has 2 aromatic heterocycles. The largest absolute Gasteiger partial charge is 0.294 e. The number of hydrogen-bond donors (Lipinski definition) is 1. The second kappa shape index (κ2) is 3.59. The number of fused-ring (bicyclic) bond motifs is 1. The lowest BCUT2D eigenvalue weighted by molar-refractivity contribution is -0.123. The van der Waals surface area contributed by atoms with Crippen molar-refractivity contribution in [3.8, 4) is 0 Å². The van der Waals surface area contributed by atoms with Gasteiger partial charge in [0.1, 0.15) is 0 Å². The molecule has 0 fully saturated rings. The van der Waals surface area contributed by atoms with Crippen LogP contribution in [-0.4, -0.2) is 20.5 Å². The fraction of sp³-hybridized carbons (Fsp3) is 0.364. The summed E-state index contributed by atoms with van der Waals surface area (Å²) in [7, 11) is 0. The van der Waals surface area contributed by atoms with Crippen molar-refractivity contribution in [1.82, 2.24) is 14.6 Å². The van der Waals surface area contributed by atoms with E-state index < -0.39 is 5.41 Å². The van der Waals surface area contributed by atoms with E-state index in [1.807, 2.05) is 45.2 Å². The lowest BCUT2D eigenvalue weighted by atomic mass is 9.96. The van der Waals surface area contributed by atoms with Gasteiger partial charge in [-0.3, -0.25) is 14.5 Å². The number of carbonyl (C=O) groups excluding carboxylic acids is 1. The van der Waals surface area contributed by atoms with E-state index >= 15 is 0 Å². The summed E-state index contributed by atoms with van der Waals surface area (Å²) in [5.41, 5.74) is 0.271. The molecule has 0 aliphatic carbocycles. The molecule has 2 rings (SSSR count). The van der Waals surface area contributed by atoms with Crippen LogP contribution in [0, 0.1) is 5.41 Å². The van der Waals surface area contributed by atoms with Crippen molar-refractivity contribution >= 4 is 17.5 Å². The number of nitrogens with zero attached hydrogens (tertiary/aromatic N) is 3. The third kappa shape index (κ3) is 1.88. The Bertz CT molecular complexity index is 524. The molecule has 0 bridgehead atoms. The van der Waals surface area contributed by atoms with E-state index in [0.717, 1.165) is 0 Å². The zero-order valence-corrected chi connectivity index (χ0v) is 9.56. The van der Waals surface area contributed by atoms with E-state index in [1.54, 1.807) is 4.40 Å². The maximum Gasteiger partial charge on any atom is 0.235 e. The molecule has 1 N–H and O–H groups in total. The van der Waals surface area contributed by atoms with Crippen LogP contribution in [0.15, 0.2) is 24.4 Å². The molecule has 0 aliphatic heterocycles. The number of hydrogen-bond acceptors (Lipinski definition) is 3. The van der Waals surface area contributed by atoms with Crippen molar-refractivity contribution in [1.29, 1.82) is 0 Å². The first kappa shape index (κ1) is 10.6. The summed E-state index contributed by atoms with van der Waals surface area (Å²) in [6.45, 7) is 5.56. The molecule has 0 saturated carbocycles. The van der Waals surface area contributed by atoms with Gasteiger partial charge in [0.25, 0.3) is 0 Å². The zero-order valence-electron chi connectivity index (χ0n) is 9.56. The Labute approximate surface area is 93.5 Å². The molecule has 84 valence electrons. The SMILES string of the molecule is CC(C)(C)C(=O)Nc1nnc2ccccn12. The Kier molecular flexibility index (Phi) is 2.38. The van der Waals surface area contributed by atoms with Crippen molar-refractivity contribution in [2.24, 2.45) is 5.41 Å². The number of anilines is 1. The first-order valence-electron chi connectivity index (χ1n) is 5.10. The molecule has 1 amide bonds. The number of nitrogens with one attached hydrogen (secondary N) is 1. The summed E-state index contributed by atoms with van der Waals surface area (Å²) >= 11 is 0. The minimum atomic E-state index is -0.444. The van der Waals surface area contributed by atoms with Gasteiger partial charge in [0, 0.05) is 11.6 Å². The highest BCUT2D eigenvalue weighted by Gasteiger charge is 2.22. The smallest absolute Gasteiger partial charge is 0.235 e. The Balaban J connectivity index is 2.32. The van der Waals surface area contributed by atoms with Crippen molar-refractivity contribution < 1.29 is 4.79 Å². The number of aromatic nitrogens is 3. The van der Waals surface area contributed by atoms with E-state index in [2.05, 4.69) is 15.5 Å². The van der Waals surface area contributed by atoms with Gasteiger partial charge in [-0.15, -0.1) is 10.2 Å². The van der Waals surface area contributed by atoms with Crippen LogP contribution in [0.1, 0.15) is 20.8 Å². The first-order valence-corrected chi connectivity index (χ1v) is 5.10. The molecular weight excluding hydrogens is 204 g/mol. The highest BCUT2D eigenvalue weighted by Crippen LogP contribution is 2.16. The Morgan fingerprint density at radius 3 is 2.75 bits per heavy atom. The van der Waals surface area contributed by atoms with E-state index in [4.69, 9.17) is 0 Å². The molecule has 0 aromatic carbocycles. The maximum atomic E-state index is 11.8. The van der Waals surface area contributed by atoms with E-state index in [1.165, 1.54) is 0 Å². The van der Waals surface area contributed by atoms with Crippen LogP contribution in [0.25, 0.3) is 5.65 Å². The third-order valence-corrected chi connectivity index (χ3v) is 2.22. The molecule has 0 atom stereocenters. The number of rotatable bonds is 1. The van der Waals surface area contributed by atoms with Crippen LogP contribution < -0.4 is 5.32 Å². The highest BCUT2D eigenvalue weighted by molar-refractivity contribution is 5.93. The first-order chi connectivity index (χ1) is 7.48. The topological polar surface area (TPSA) is 59.3 Å². The van der Waals surface area contributed by atoms with Gasteiger partial charge in [0.2, 0.25) is 11.9 Å². The Morgan fingerprint density at radius 2 is 2.06 bits per heavy atom. The lowest BCUT2D eigenvalue weighted by Crippen LogP contribution is -2.28. The number of amides is 1. The minimum Gasteiger partial charge on any atom is -0.294 e. The zero-order chi connectivity index (χ0) is 11.8. The fourth-order valence-corrected chi connectivity index (χ4v) is 1.22. The summed E-state index contributed by atoms with van der Waals surface area (Å²) in [5.74, 6) is 0.376. The van der Waals surface area contributed by atoms with Crippen molar-refractivity contribution in [3.63, 3.8) is 0 Å². The highest BCUT2D eigenvalue weighted by atomic mass is 16.2. The maximum absolute atomic E-state index is 11.8. The van der Waals surface area contributed by atoms with Crippen LogP contribution in [0.5, 0.6) is 0 Å². The van der Waals surface area contributed by atoms with Crippen molar-refractivity contribution in [2.45, 2.75) is 20.8 Å². The van der Waals surface area contributed by atoms with Gasteiger partial charge < -0.3 is 0 Å². The van der Waals surface area contributed by atoms with Gasteiger partial charge in [-0.2, -0.15) is 0 Å². The standard InChI is InChI=1S/C11H14N4O/c1-11(2,3)9(16)12-10-14-13-8-6-4-5-7-15(8)10/h4-7H,1-3H3,(H,12,14,16). The predicted octanol–water partition coefficient (Wildman–Crippen LogP) is 1.71. The summed E-state index contributed by atoms with van der Waals surface area (Å²) in [6.07, 6.45) is 1.81. The molecule has 0 aliphatic rings. The van der Waals surface area contributed by atoms with Crippen LogP contribution in [0.2, 0.25) is 0 Å². The van der Waals surface area contributed by atoms with Gasteiger partial charge in [0.15, 0.2) is 5.65 Å². The average molecular weight is 218 g/mol. The summed E-state index contributed by atoms with van der Waals surface area (Å²) in [5, 5.41) is 10.6. The number of pyridine rings is 1. The van der Waals surface area contributed by atoms with Gasteiger partial charge in [0.05, 0.1) is 0 Å². The van der Waals surface area contributed by atoms with Crippen molar-refractivity contribution in [2.75, 3.05) is 5.32 Å². The predicted molar refractivity (Wildman–Crippen MR) is 61.1 cm³/mol. The fourth-order valence-electron chi connectivity index (χ4n) is 1.22. The van der Waals surface area contributed by atoms with Crippen molar-refractivity contribution in [3.05, 3.63) is 24.4 Å². The third-order valence-electron chi connectivity index (χ3n) is 2.22. The molecule has 16 heavy (non-hydrogen) atoms. The number of carbonyl (C=O) groups is 1. The molecule has 5 nitrogen and oxygen atoms in total. The molecule has 0 unspecified atom stereocenters. The van der Waals surface area contributed by atoms with Gasteiger partial charge in [-0.25, -0.2) is 0 Å². The average Bonchev–Trinajstić information content (AvgIpc) is 2.61. The van der Waals surface area contributed by atoms with Crippen LogP contribution in [0.4, 0.5) is 5.95 Å². The summed E-state index contributed by atoms with van der Waals surface area (Å²) < 4.78 is 1.74. The Morgan fingerprint density at radius 1 is 1.31 bits per heavy atom. The lowest BCUT2D eigenvalue weighted by Gasteiger charge is -2.16. The molecule has 2 heterocycles. The van der Waals surface area contributed by atoms with E-state index in [-0.39, 0.29) is 5.91 Å². The monoisotopic (exact) mass is 218 g/mol. The molecular formula is C11H14N4O. The molecule has 2 aromatic rings. The minimum absolute atomic E-state index is 0.0781. The van der Waals surface area contributed by atoms with Gasteiger partial charge >= 0.3 is 0 Å². The van der Waals surface area contributed by atoms with E-state index in [0.29, 0.717) is 11.6 Å². The quantitative estimate of drug-likeness (QED) is 0.792. The summed E-state index contributed by atoms with van der Waals surface area (Å²) in [4.78, 5) is 11.8. The Hall–Kier alpha value is -1.91. The van der Waals surface area contributed by atoms with Gasteiger partial charge in [-0.05, 0) is 12.1 Å². The molecule has 0 spiro atoms. The van der Waals surface area contributed by atoms with Crippen LogP contribution >= 0.6 is 0 Å². The van der Waals surface area contributed by atoms with Crippen LogP contribution in [0.3, 0.4) is 0 Å². The second-order valence-corrected chi connectivity index (χ2v) is 4.66. The molecule has 0 saturated heterocycles. The summed E-state index contributed by atoms with van der Waals surface area (Å²) in [6, 6.07) is 5.57. The second-order valence-electron chi connectivity index (χ2n) is 4.66. The molecule has 5 heteroatoms. The molecule has 0 radical (unpaired) electrons. The van der Waals surface area contributed by atoms with Gasteiger partial charge in [-0.1, -0.05) is 26.8 Å². The normalized spacial score (nSPS) is 11.7. The van der Waals surface area contributed by atoms with E-state index in [9.17, 15) is 4.79 Å².